The Balaban J connectivity index is 1.24. The maximum atomic E-state index is 12.3. The van der Waals surface area contributed by atoms with E-state index in [0.717, 1.165) is 29.8 Å². The molecule has 5 rings (SSSR count). The van der Waals surface area contributed by atoms with Gasteiger partial charge in [-0.05, 0) is 72.9 Å². The predicted molar refractivity (Wildman–Crippen MR) is 114 cm³/mol. The highest BCUT2D eigenvalue weighted by atomic mass is 16.3. The molecule has 0 saturated carbocycles. The standard InChI is InChI=1S/C22H21N5O2/c23-20-19-10-11-29-21(19)24-13-27(20)18-8-6-16(7-9-18)25-22(28)26-17-5-4-14-2-1-3-15(14)12-17/h4-13,20H,1-3,23H2,(H2,25,26,28). The maximum Gasteiger partial charge on any atom is 0.323 e. The van der Waals surface area contributed by atoms with Crippen LogP contribution in [0.4, 0.5) is 27.7 Å². The minimum Gasteiger partial charge on any atom is -0.446 e. The number of amides is 2. The Labute approximate surface area is 168 Å². The summed E-state index contributed by atoms with van der Waals surface area (Å²) in [5.41, 5.74) is 12.2. The number of benzene rings is 2. The largest absolute Gasteiger partial charge is 0.446 e. The summed E-state index contributed by atoms with van der Waals surface area (Å²) in [7, 11) is 0. The zero-order valence-corrected chi connectivity index (χ0v) is 15.8. The van der Waals surface area contributed by atoms with E-state index in [9.17, 15) is 4.79 Å². The first-order valence-electron chi connectivity index (χ1n) is 9.63. The monoisotopic (exact) mass is 387 g/mol. The number of anilines is 3. The number of carbonyl (C=O) groups excluding carboxylic acids is 1. The zero-order chi connectivity index (χ0) is 19.8. The minimum atomic E-state index is -0.372. The Morgan fingerprint density at radius 1 is 1.03 bits per heavy atom. The van der Waals surface area contributed by atoms with Crippen molar-refractivity contribution in [2.75, 3.05) is 15.5 Å². The summed E-state index contributed by atoms with van der Waals surface area (Å²) < 4.78 is 5.29. The normalized spacial score (nSPS) is 17.0. The number of furan rings is 1. The van der Waals surface area contributed by atoms with Crippen LogP contribution in [-0.2, 0) is 12.8 Å². The van der Waals surface area contributed by atoms with Gasteiger partial charge in [-0.25, -0.2) is 9.79 Å². The Kier molecular flexibility index (Phi) is 4.29. The van der Waals surface area contributed by atoms with Crippen LogP contribution in [-0.4, -0.2) is 12.4 Å². The van der Waals surface area contributed by atoms with Crippen LogP contribution in [0, 0.1) is 0 Å². The molecule has 146 valence electrons. The van der Waals surface area contributed by atoms with E-state index in [1.807, 2.05) is 41.3 Å². The third kappa shape index (κ3) is 3.36. The lowest BCUT2D eigenvalue weighted by Gasteiger charge is -2.29. The number of rotatable bonds is 3. The average molecular weight is 387 g/mol. The first-order chi connectivity index (χ1) is 14.2. The molecule has 0 radical (unpaired) electrons. The number of aliphatic imine (C=N–C) groups is 1. The van der Waals surface area contributed by atoms with E-state index in [1.54, 1.807) is 12.6 Å². The molecule has 1 aromatic heterocycles. The van der Waals surface area contributed by atoms with Gasteiger partial charge in [0.25, 0.3) is 0 Å². The molecule has 0 fully saturated rings. The van der Waals surface area contributed by atoms with Crippen molar-refractivity contribution in [3.63, 3.8) is 0 Å². The summed E-state index contributed by atoms with van der Waals surface area (Å²) in [5.74, 6) is 0.537. The third-order valence-corrected chi connectivity index (χ3v) is 5.37. The van der Waals surface area contributed by atoms with Crippen LogP contribution >= 0.6 is 0 Å². The van der Waals surface area contributed by atoms with Gasteiger partial charge >= 0.3 is 6.03 Å². The Morgan fingerprint density at radius 2 is 1.79 bits per heavy atom. The number of nitrogens with two attached hydrogens (primary N) is 1. The average Bonchev–Trinajstić information content (AvgIpc) is 3.38. The first-order valence-corrected chi connectivity index (χ1v) is 9.63. The van der Waals surface area contributed by atoms with E-state index in [0.29, 0.717) is 11.6 Å². The minimum absolute atomic E-state index is 0.269. The first kappa shape index (κ1) is 17.5. The second-order valence-corrected chi connectivity index (χ2v) is 7.24. The highest BCUT2D eigenvalue weighted by Crippen LogP contribution is 2.34. The highest BCUT2D eigenvalue weighted by Gasteiger charge is 2.24. The van der Waals surface area contributed by atoms with Gasteiger partial charge in [-0.3, -0.25) is 0 Å². The molecule has 0 spiro atoms. The number of carbonyl (C=O) groups is 1. The second-order valence-electron chi connectivity index (χ2n) is 7.24. The smallest absolute Gasteiger partial charge is 0.323 e. The van der Waals surface area contributed by atoms with Gasteiger partial charge in [-0.2, -0.15) is 0 Å². The molecule has 3 aromatic rings. The predicted octanol–water partition coefficient (Wildman–Crippen LogP) is 4.55. The fourth-order valence-corrected chi connectivity index (χ4v) is 3.86. The van der Waals surface area contributed by atoms with E-state index in [1.165, 1.54) is 17.5 Å². The summed E-state index contributed by atoms with van der Waals surface area (Å²) in [6.45, 7) is 0. The number of aryl methyl sites for hydroxylation is 2. The molecular formula is C22H21N5O2. The Hall–Kier alpha value is -3.58. The fraction of sp³-hybridized carbons (Fsp3) is 0.182. The molecule has 2 heterocycles. The van der Waals surface area contributed by atoms with Crippen LogP contribution < -0.4 is 21.3 Å². The van der Waals surface area contributed by atoms with E-state index in [4.69, 9.17) is 10.2 Å². The van der Waals surface area contributed by atoms with E-state index >= 15 is 0 Å². The maximum absolute atomic E-state index is 12.3. The summed E-state index contributed by atoms with van der Waals surface area (Å²) >= 11 is 0. The number of hydrogen-bond donors (Lipinski definition) is 3. The van der Waals surface area contributed by atoms with Crippen molar-refractivity contribution in [2.24, 2.45) is 10.7 Å². The Morgan fingerprint density at radius 3 is 2.66 bits per heavy atom. The van der Waals surface area contributed by atoms with Crippen LogP contribution in [0.5, 0.6) is 0 Å². The topological polar surface area (TPSA) is 95.9 Å². The lowest BCUT2D eigenvalue weighted by Crippen LogP contribution is -2.35. The van der Waals surface area contributed by atoms with Crippen molar-refractivity contribution in [1.29, 1.82) is 0 Å². The zero-order valence-electron chi connectivity index (χ0n) is 15.8. The summed E-state index contributed by atoms with van der Waals surface area (Å²) in [5, 5.41) is 5.76. The van der Waals surface area contributed by atoms with Crippen LogP contribution in [0.3, 0.4) is 0 Å². The van der Waals surface area contributed by atoms with Gasteiger partial charge in [-0.1, -0.05) is 6.07 Å². The van der Waals surface area contributed by atoms with Gasteiger partial charge < -0.3 is 25.7 Å². The van der Waals surface area contributed by atoms with E-state index in [-0.39, 0.29) is 12.2 Å². The molecule has 2 amide bonds. The molecule has 1 atom stereocenters. The number of hydrogen-bond acceptors (Lipinski definition) is 5. The molecule has 1 aliphatic carbocycles. The molecule has 2 aromatic carbocycles. The second kappa shape index (κ2) is 7.10. The van der Waals surface area contributed by atoms with Gasteiger partial charge in [0.1, 0.15) is 12.5 Å². The van der Waals surface area contributed by atoms with Crippen LogP contribution in [0.15, 0.2) is 64.2 Å². The Bertz CT molecular complexity index is 1090. The van der Waals surface area contributed by atoms with E-state index in [2.05, 4.69) is 27.8 Å². The molecule has 7 nitrogen and oxygen atoms in total. The number of urea groups is 1. The van der Waals surface area contributed by atoms with Gasteiger partial charge in [0.05, 0.1) is 11.8 Å². The van der Waals surface area contributed by atoms with Crippen LogP contribution in [0.25, 0.3) is 0 Å². The van der Waals surface area contributed by atoms with Crippen molar-refractivity contribution in [2.45, 2.75) is 25.4 Å². The number of nitrogens with zero attached hydrogens (tertiary/aromatic N) is 2. The van der Waals surface area contributed by atoms with Crippen molar-refractivity contribution in [3.05, 3.63) is 71.5 Å². The van der Waals surface area contributed by atoms with Gasteiger partial charge in [0, 0.05) is 17.1 Å². The molecule has 0 saturated heterocycles. The number of fused-ring (bicyclic) bond motifs is 2. The van der Waals surface area contributed by atoms with Crippen LogP contribution in [0.1, 0.15) is 29.3 Å². The fourth-order valence-electron chi connectivity index (χ4n) is 3.86. The lowest BCUT2D eigenvalue weighted by molar-refractivity contribution is 0.262. The van der Waals surface area contributed by atoms with Crippen molar-refractivity contribution in [3.8, 4) is 0 Å². The molecule has 4 N–H and O–H groups in total. The van der Waals surface area contributed by atoms with Gasteiger partial charge in [-0.15, -0.1) is 0 Å². The van der Waals surface area contributed by atoms with E-state index < -0.39 is 0 Å². The lowest BCUT2D eigenvalue weighted by atomic mass is 10.1. The summed E-state index contributed by atoms with van der Waals surface area (Å²) in [6.07, 6.45) is 6.25. The van der Waals surface area contributed by atoms with Crippen molar-refractivity contribution < 1.29 is 9.21 Å². The summed E-state index contributed by atoms with van der Waals surface area (Å²) in [4.78, 5) is 18.5. The number of nitrogens with one attached hydrogen (secondary N) is 2. The van der Waals surface area contributed by atoms with Crippen molar-refractivity contribution >= 4 is 35.3 Å². The van der Waals surface area contributed by atoms with Crippen molar-refractivity contribution in [1.82, 2.24) is 0 Å². The summed E-state index contributed by atoms with van der Waals surface area (Å²) in [6, 6.07) is 15.1. The molecule has 2 aliphatic rings. The molecule has 7 heteroatoms. The third-order valence-electron chi connectivity index (χ3n) is 5.37. The van der Waals surface area contributed by atoms with Crippen LogP contribution in [0.2, 0.25) is 0 Å². The quantitative estimate of drug-likeness (QED) is 0.614. The molecule has 0 bridgehead atoms. The molecular weight excluding hydrogens is 366 g/mol. The molecule has 29 heavy (non-hydrogen) atoms. The molecule has 1 aliphatic heterocycles. The SMILES string of the molecule is NC1c2ccoc2N=CN1c1ccc(NC(=O)Nc2ccc3c(c2)CCC3)cc1. The van der Waals surface area contributed by atoms with Gasteiger partial charge in [0.2, 0.25) is 5.88 Å². The molecule has 1 unspecified atom stereocenters. The highest BCUT2D eigenvalue weighted by molar-refractivity contribution is 6.00. The van der Waals surface area contributed by atoms with Gasteiger partial charge in [0.15, 0.2) is 0 Å².